The van der Waals surface area contributed by atoms with Crippen LogP contribution in [0.5, 0.6) is 11.5 Å². The summed E-state index contributed by atoms with van der Waals surface area (Å²) in [6.45, 7) is 0.935. The molecule has 0 amide bonds. The second-order valence-electron chi connectivity index (χ2n) is 5.83. The molecule has 1 spiro atoms. The summed E-state index contributed by atoms with van der Waals surface area (Å²) in [5.41, 5.74) is 1.18. The second kappa shape index (κ2) is 4.68. The van der Waals surface area contributed by atoms with Gasteiger partial charge in [-0.3, -0.25) is 0 Å². The highest BCUT2D eigenvalue weighted by Gasteiger charge is 2.58. The molecule has 0 radical (unpaired) electrons. The van der Waals surface area contributed by atoms with Gasteiger partial charge in [0.15, 0.2) is 0 Å². The Kier molecular flexibility index (Phi) is 3.29. The fourth-order valence-corrected chi connectivity index (χ4v) is 3.45. The van der Waals surface area contributed by atoms with Crippen LogP contribution in [-0.2, 0) is 0 Å². The third-order valence-electron chi connectivity index (χ3n) is 4.59. The minimum Gasteiger partial charge on any atom is -0.487 e. The average molecular weight is 322 g/mol. The summed E-state index contributed by atoms with van der Waals surface area (Å²) in [7, 11) is 0. The monoisotopic (exact) mass is 321 g/mol. The van der Waals surface area contributed by atoms with Crippen LogP contribution < -0.4 is 14.8 Å². The first-order valence-electron chi connectivity index (χ1n) is 6.77. The van der Waals surface area contributed by atoms with E-state index in [9.17, 15) is 13.2 Å². The molecule has 1 aromatic rings. The molecule has 3 aliphatic rings. The molecular formula is C14H15ClF3NO2. The van der Waals surface area contributed by atoms with Gasteiger partial charge >= 0.3 is 6.36 Å². The van der Waals surface area contributed by atoms with E-state index < -0.39 is 6.36 Å². The SMILES string of the molecule is Cl.FC(F)(F)Oc1ccc2c(c1)O[C@@H]1[C@H]2NCCC12CC2. The largest absolute Gasteiger partial charge is 0.573 e. The van der Waals surface area contributed by atoms with Gasteiger partial charge in [0.1, 0.15) is 17.6 Å². The molecule has 3 nitrogen and oxygen atoms in total. The van der Waals surface area contributed by atoms with Gasteiger partial charge in [-0.1, -0.05) is 0 Å². The Hall–Kier alpha value is -1.14. The van der Waals surface area contributed by atoms with Gasteiger partial charge in [0, 0.05) is 17.0 Å². The molecule has 4 rings (SSSR count). The zero-order valence-electron chi connectivity index (χ0n) is 11.1. The van der Waals surface area contributed by atoms with Gasteiger partial charge in [-0.05, 0) is 37.9 Å². The van der Waals surface area contributed by atoms with Crippen molar-refractivity contribution in [3.63, 3.8) is 0 Å². The summed E-state index contributed by atoms with van der Waals surface area (Å²) in [5.74, 6) is 0.294. The standard InChI is InChI=1S/C14H14F3NO2.ClH/c15-14(16,17)20-8-1-2-9-10(7-8)19-12-11(9)18-6-5-13(12)3-4-13;/h1-2,7,11-12,18H,3-6H2;1H/t11-,12+;/m0./s1. The summed E-state index contributed by atoms with van der Waals surface area (Å²) >= 11 is 0. The van der Waals surface area contributed by atoms with E-state index in [4.69, 9.17) is 4.74 Å². The molecule has 1 saturated heterocycles. The normalized spacial score (nSPS) is 28.1. The lowest BCUT2D eigenvalue weighted by molar-refractivity contribution is -0.274. The van der Waals surface area contributed by atoms with Gasteiger partial charge in [0.25, 0.3) is 0 Å². The van der Waals surface area contributed by atoms with E-state index in [0.717, 1.165) is 31.4 Å². The number of piperidine rings is 1. The van der Waals surface area contributed by atoms with Crippen LogP contribution in [0.15, 0.2) is 18.2 Å². The molecule has 1 saturated carbocycles. The fraction of sp³-hybridized carbons (Fsp3) is 0.571. The van der Waals surface area contributed by atoms with Gasteiger partial charge in [-0.25, -0.2) is 0 Å². The van der Waals surface area contributed by atoms with E-state index >= 15 is 0 Å². The van der Waals surface area contributed by atoms with Crippen molar-refractivity contribution < 1.29 is 22.6 Å². The van der Waals surface area contributed by atoms with Crippen molar-refractivity contribution in [3.05, 3.63) is 23.8 Å². The topological polar surface area (TPSA) is 30.5 Å². The van der Waals surface area contributed by atoms with Crippen LogP contribution in [0.1, 0.15) is 30.9 Å². The van der Waals surface area contributed by atoms with Crippen molar-refractivity contribution in [1.82, 2.24) is 5.32 Å². The number of alkyl halides is 3. The Morgan fingerprint density at radius 1 is 1.24 bits per heavy atom. The number of hydrogen-bond donors (Lipinski definition) is 1. The maximum absolute atomic E-state index is 12.2. The van der Waals surface area contributed by atoms with Crippen LogP contribution in [0.25, 0.3) is 0 Å². The molecule has 0 unspecified atom stereocenters. The highest BCUT2D eigenvalue weighted by atomic mass is 35.5. The third kappa shape index (κ3) is 2.44. The molecule has 2 aliphatic heterocycles. The average Bonchev–Trinajstić information content (AvgIpc) is 3.01. The van der Waals surface area contributed by atoms with E-state index in [1.54, 1.807) is 6.07 Å². The van der Waals surface area contributed by atoms with Crippen LogP contribution in [-0.4, -0.2) is 19.0 Å². The third-order valence-corrected chi connectivity index (χ3v) is 4.59. The van der Waals surface area contributed by atoms with E-state index in [1.165, 1.54) is 12.1 Å². The predicted molar refractivity (Wildman–Crippen MR) is 71.8 cm³/mol. The smallest absolute Gasteiger partial charge is 0.487 e. The van der Waals surface area contributed by atoms with Crippen molar-refractivity contribution in [3.8, 4) is 11.5 Å². The lowest BCUT2D eigenvalue weighted by Crippen LogP contribution is -2.44. The summed E-state index contributed by atoms with van der Waals surface area (Å²) < 4.78 is 46.6. The van der Waals surface area contributed by atoms with E-state index in [-0.39, 0.29) is 35.7 Å². The van der Waals surface area contributed by atoms with Crippen molar-refractivity contribution in [2.45, 2.75) is 37.8 Å². The van der Waals surface area contributed by atoms with Crippen LogP contribution in [0.2, 0.25) is 0 Å². The van der Waals surface area contributed by atoms with Crippen molar-refractivity contribution in [2.75, 3.05) is 6.54 Å². The van der Waals surface area contributed by atoms with Gasteiger partial charge in [-0.2, -0.15) is 0 Å². The molecule has 1 aliphatic carbocycles. The number of rotatable bonds is 1. The van der Waals surface area contributed by atoms with Crippen LogP contribution in [0.4, 0.5) is 13.2 Å². The molecule has 0 aromatic heterocycles. The van der Waals surface area contributed by atoms with Crippen LogP contribution in [0.3, 0.4) is 0 Å². The predicted octanol–water partition coefficient (Wildman–Crippen LogP) is 3.58. The molecule has 21 heavy (non-hydrogen) atoms. The first-order valence-corrected chi connectivity index (χ1v) is 6.77. The molecule has 2 atom stereocenters. The Bertz CT molecular complexity index is 560. The molecular weight excluding hydrogens is 307 g/mol. The first-order chi connectivity index (χ1) is 9.47. The summed E-state index contributed by atoms with van der Waals surface area (Å²) in [4.78, 5) is 0. The van der Waals surface area contributed by atoms with Crippen LogP contribution >= 0.6 is 12.4 Å². The molecule has 1 aromatic carbocycles. The van der Waals surface area contributed by atoms with Crippen molar-refractivity contribution in [1.29, 1.82) is 0 Å². The Morgan fingerprint density at radius 2 is 2.00 bits per heavy atom. The highest BCUT2D eigenvalue weighted by molar-refractivity contribution is 5.85. The second-order valence-corrected chi connectivity index (χ2v) is 5.83. The maximum Gasteiger partial charge on any atom is 0.573 e. The highest BCUT2D eigenvalue weighted by Crippen LogP contribution is 2.60. The Morgan fingerprint density at radius 3 is 2.67 bits per heavy atom. The molecule has 116 valence electrons. The molecule has 1 N–H and O–H groups in total. The number of nitrogens with one attached hydrogen (secondary N) is 1. The zero-order chi connectivity index (χ0) is 14.0. The lowest BCUT2D eigenvalue weighted by atomic mass is 9.84. The Balaban J connectivity index is 0.00000132. The number of benzene rings is 1. The number of ether oxygens (including phenoxy) is 2. The van der Waals surface area contributed by atoms with Gasteiger partial charge < -0.3 is 14.8 Å². The summed E-state index contributed by atoms with van der Waals surface area (Å²) in [6.07, 6.45) is -1.25. The molecule has 2 heterocycles. The van der Waals surface area contributed by atoms with Crippen LogP contribution in [0, 0.1) is 5.41 Å². The quantitative estimate of drug-likeness (QED) is 0.857. The first kappa shape index (κ1) is 14.8. The number of hydrogen-bond acceptors (Lipinski definition) is 3. The maximum atomic E-state index is 12.2. The molecule has 2 fully saturated rings. The van der Waals surface area contributed by atoms with Gasteiger partial charge in [-0.15, -0.1) is 25.6 Å². The summed E-state index contributed by atoms with van der Waals surface area (Å²) in [6, 6.07) is 4.48. The zero-order valence-corrected chi connectivity index (χ0v) is 11.9. The van der Waals surface area contributed by atoms with Crippen molar-refractivity contribution in [2.24, 2.45) is 5.41 Å². The van der Waals surface area contributed by atoms with Gasteiger partial charge in [0.05, 0.1) is 6.04 Å². The van der Waals surface area contributed by atoms with Crippen molar-refractivity contribution >= 4 is 12.4 Å². The van der Waals surface area contributed by atoms with E-state index in [2.05, 4.69) is 10.1 Å². The number of fused-ring (bicyclic) bond motifs is 4. The lowest BCUT2D eigenvalue weighted by Gasteiger charge is -2.33. The fourth-order valence-electron chi connectivity index (χ4n) is 3.45. The molecule has 0 bridgehead atoms. The molecule has 7 heteroatoms. The van der Waals surface area contributed by atoms with E-state index in [1.807, 2.05) is 0 Å². The minimum absolute atomic E-state index is 0. The summed E-state index contributed by atoms with van der Waals surface area (Å²) in [5, 5.41) is 3.41. The minimum atomic E-state index is -4.67. The van der Waals surface area contributed by atoms with E-state index in [0.29, 0.717) is 5.75 Å². The number of halogens is 4. The Labute approximate surface area is 126 Å². The van der Waals surface area contributed by atoms with Gasteiger partial charge in [0.2, 0.25) is 0 Å².